The molecule has 0 unspecified atom stereocenters. The normalized spacial score (nSPS) is 11.6. The van der Waals surface area contributed by atoms with Gasteiger partial charge in [-0.1, -0.05) is 0 Å². The summed E-state index contributed by atoms with van der Waals surface area (Å²) in [6.07, 6.45) is 2.33. The zero-order chi connectivity index (χ0) is 17.5. The molecule has 7 heteroatoms. The highest BCUT2D eigenvalue weighted by Gasteiger charge is 2.14. The standard InChI is InChI=1S/C17H18N2O5/c1-12(20)18-14-4-6-16(7-5-14)24-11-15(21)10-19-8-2-3-13(9-19)17(22)23/h2-9,15,21H,10-11H2,1H3,(H-,18,20,22,23)/p+1/t15-/m0/s1. The van der Waals surface area contributed by atoms with Crippen molar-refractivity contribution in [2.45, 2.75) is 19.6 Å². The van der Waals surface area contributed by atoms with Crippen LogP contribution in [0, 0.1) is 0 Å². The third kappa shape index (κ3) is 5.36. The molecule has 1 aromatic heterocycles. The Morgan fingerprint density at radius 3 is 2.58 bits per heavy atom. The average Bonchev–Trinajstić information content (AvgIpc) is 2.54. The molecule has 0 aliphatic heterocycles. The van der Waals surface area contributed by atoms with Gasteiger partial charge in [0.25, 0.3) is 0 Å². The van der Waals surface area contributed by atoms with Crippen LogP contribution in [-0.2, 0) is 11.3 Å². The van der Waals surface area contributed by atoms with Crippen LogP contribution in [0.3, 0.4) is 0 Å². The highest BCUT2D eigenvalue weighted by molar-refractivity contribution is 5.88. The molecule has 7 nitrogen and oxygen atoms in total. The molecular formula is C17H19N2O5+. The number of aliphatic hydroxyl groups is 1. The lowest BCUT2D eigenvalue weighted by atomic mass is 10.2. The number of nitrogens with one attached hydrogen (secondary N) is 1. The van der Waals surface area contributed by atoms with Crippen LogP contribution in [0.2, 0.25) is 0 Å². The minimum atomic E-state index is -1.02. The van der Waals surface area contributed by atoms with E-state index in [1.54, 1.807) is 41.1 Å². The molecule has 0 spiro atoms. The van der Waals surface area contributed by atoms with Gasteiger partial charge in [-0.05, 0) is 30.3 Å². The van der Waals surface area contributed by atoms with Gasteiger partial charge < -0.3 is 20.3 Å². The number of ether oxygens (including phenoxy) is 1. The molecule has 0 fully saturated rings. The summed E-state index contributed by atoms with van der Waals surface area (Å²) < 4.78 is 7.08. The SMILES string of the molecule is CC(=O)Nc1ccc(OC[C@@H](O)C[n+]2cccc(C(=O)O)c2)cc1. The summed E-state index contributed by atoms with van der Waals surface area (Å²) >= 11 is 0. The van der Waals surface area contributed by atoms with Gasteiger partial charge in [0.2, 0.25) is 5.91 Å². The number of carboxylic acids is 1. The van der Waals surface area contributed by atoms with Crippen molar-refractivity contribution < 1.29 is 29.1 Å². The summed E-state index contributed by atoms with van der Waals surface area (Å²) in [6.45, 7) is 1.70. The number of carboxylic acid groups (broad SMARTS) is 1. The fourth-order valence-electron chi connectivity index (χ4n) is 2.09. The Morgan fingerprint density at radius 1 is 1.25 bits per heavy atom. The first-order valence-corrected chi connectivity index (χ1v) is 7.35. The third-order valence-electron chi connectivity index (χ3n) is 3.14. The van der Waals surface area contributed by atoms with E-state index in [1.165, 1.54) is 19.2 Å². The molecular weight excluding hydrogens is 312 g/mol. The zero-order valence-electron chi connectivity index (χ0n) is 13.2. The molecule has 0 aliphatic rings. The Bertz CT molecular complexity index is 715. The topological polar surface area (TPSA) is 99.7 Å². The van der Waals surface area contributed by atoms with Gasteiger partial charge in [0.15, 0.2) is 18.9 Å². The van der Waals surface area contributed by atoms with Crippen LogP contribution in [-0.4, -0.2) is 34.8 Å². The van der Waals surface area contributed by atoms with Crippen LogP contribution < -0.4 is 14.6 Å². The summed E-state index contributed by atoms with van der Waals surface area (Å²) in [4.78, 5) is 21.9. The average molecular weight is 331 g/mol. The first-order chi connectivity index (χ1) is 11.4. The van der Waals surface area contributed by atoms with Crippen molar-refractivity contribution in [1.29, 1.82) is 0 Å². The summed E-state index contributed by atoms with van der Waals surface area (Å²) in [5.41, 5.74) is 0.815. The predicted molar refractivity (Wildman–Crippen MR) is 85.8 cm³/mol. The fourth-order valence-corrected chi connectivity index (χ4v) is 2.09. The molecule has 1 heterocycles. The molecule has 1 amide bonds. The number of rotatable bonds is 7. The fraction of sp³-hybridized carbons (Fsp3) is 0.235. The van der Waals surface area contributed by atoms with Crippen molar-refractivity contribution in [1.82, 2.24) is 0 Å². The number of nitrogens with zero attached hydrogens (tertiary/aromatic N) is 1. The minimum absolute atomic E-state index is 0.0593. The summed E-state index contributed by atoms with van der Waals surface area (Å²) in [5, 5.41) is 21.6. The molecule has 3 N–H and O–H groups in total. The van der Waals surface area contributed by atoms with Crippen LogP contribution in [0.15, 0.2) is 48.8 Å². The van der Waals surface area contributed by atoms with E-state index in [-0.39, 0.29) is 24.6 Å². The maximum Gasteiger partial charge on any atom is 0.341 e. The van der Waals surface area contributed by atoms with E-state index in [4.69, 9.17) is 9.84 Å². The van der Waals surface area contributed by atoms with E-state index in [0.29, 0.717) is 11.4 Å². The zero-order valence-corrected chi connectivity index (χ0v) is 13.2. The van der Waals surface area contributed by atoms with Gasteiger partial charge in [0, 0.05) is 18.7 Å². The van der Waals surface area contributed by atoms with Crippen molar-refractivity contribution in [2.75, 3.05) is 11.9 Å². The maximum absolute atomic E-state index is 10.9. The van der Waals surface area contributed by atoms with Gasteiger partial charge in [-0.3, -0.25) is 4.79 Å². The van der Waals surface area contributed by atoms with Gasteiger partial charge >= 0.3 is 5.97 Å². The maximum atomic E-state index is 10.9. The highest BCUT2D eigenvalue weighted by Crippen LogP contribution is 2.15. The van der Waals surface area contributed by atoms with Crippen molar-refractivity contribution >= 4 is 17.6 Å². The number of benzene rings is 1. The van der Waals surface area contributed by atoms with E-state index in [1.807, 2.05) is 0 Å². The number of hydrogen-bond acceptors (Lipinski definition) is 4. The first kappa shape index (κ1) is 17.4. The molecule has 0 radical (unpaired) electrons. The summed E-state index contributed by atoms with van der Waals surface area (Å²) in [6, 6.07) is 9.88. The van der Waals surface area contributed by atoms with Gasteiger partial charge in [0.05, 0.1) is 0 Å². The lowest BCUT2D eigenvalue weighted by Crippen LogP contribution is -2.42. The van der Waals surface area contributed by atoms with Crippen molar-refractivity contribution in [3.8, 4) is 5.75 Å². The Balaban J connectivity index is 1.86. The molecule has 1 atom stereocenters. The molecule has 0 bridgehead atoms. The van der Waals surface area contributed by atoms with E-state index in [9.17, 15) is 14.7 Å². The lowest BCUT2D eigenvalue weighted by Gasteiger charge is -2.11. The van der Waals surface area contributed by atoms with Gasteiger partial charge in [-0.25, -0.2) is 9.36 Å². The van der Waals surface area contributed by atoms with Gasteiger partial charge in [-0.2, -0.15) is 0 Å². The second-order valence-corrected chi connectivity index (χ2v) is 5.26. The minimum Gasteiger partial charge on any atom is -0.491 e. The van der Waals surface area contributed by atoms with Crippen LogP contribution in [0.5, 0.6) is 5.75 Å². The van der Waals surface area contributed by atoms with E-state index in [2.05, 4.69) is 5.32 Å². The third-order valence-corrected chi connectivity index (χ3v) is 3.14. The summed E-state index contributed by atoms with van der Waals surface area (Å²) in [5.74, 6) is -0.610. The quantitative estimate of drug-likeness (QED) is 0.659. The number of carbonyl (C=O) groups excluding carboxylic acids is 1. The number of carbonyl (C=O) groups is 2. The Hall–Kier alpha value is -2.93. The molecule has 24 heavy (non-hydrogen) atoms. The Labute approximate surface area is 139 Å². The number of aliphatic hydroxyl groups excluding tert-OH is 1. The van der Waals surface area contributed by atoms with Crippen LogP contribution in [0.1, 0.15) is 17.3 Å². The molecule has 1 aromatic carbocycles. The molecule has 126 valence electrons. The predicted octanol–water partition coefficient (Wildman–Crippen LogP) is 1.07. The summed E-state index contributed by atoms with van der Waals surface area (Å²) in [7, 11) is 0. The van der Waals surface area contributed by atoms with Gasteiger partial charge in [-0.15, -0.1) is 0 Å². The second-order valence-electron chi connectivity index (χ2n) is 5.26. The van der Waals surface area contributed by atoms with E-state index < -0.39 is 12.1 Å². The smallest absolute Gasteiger partial charge is 0.341 e. The van der Waals surface area contributed by atoms with Crippen LogP contribution in [0.4, 0.5) is 5.69 Å². The monoisotopic (exact) mass is 331 g/mol. The number of anilines is 1. The number of aromatic nitrogens is 1. The molecule has 0 saturated carbocycles. The second kappa shape index (κ2) is 8.07. The number of pyridine rings is 1. The van der Waals surface area contributed by atoms with Crippen LogP contribution >= 0.6 is 0 Å². The molecule has 0 saturated heterocycles. The van der Waals surface area contributed by atoms with Crippen molar-refractivity contribution in [3.63, 3.8) is 0 Å². The molecule has 0 aliphatic carbocycles. The molecule has 2 aromatic rings. The Morgan fingerprint density at radius 2 is 1.96 bits per heavy atom. The first-order valence-electron chi connectivity index (χ1n) is 7.35. The number of aromatic carboxylic acids is 1. The number of hydrogen-bond donors (Lipinski definition) is 3. The van der Waals surface area contributed by atoms with E-state index in [0.717, 1.165) is 0 Å². The lowest BCUT2D eigenvalue weighted by molar-refractivity contribution is -0.703. The van der Waals surface area contributed by atoms with Crippen molar-refractivity contribution in [2.24, 2.45) is 0 Å². The van der Waals surface area contributed by atoms with E-state index >= 15 is 0 Å². The molecule has 2 rings (SSSR count). The van der Waals surface area contributed by atoms with Gasteiger partial charge in [0.1, 0.15) is 24.0 Å². The van der Waals surface area contributed by atoms with Crippen LogP contribution in [0.25, 0.3) is 0 Å². The highest BCUT2D eigenvalue weighted by atomic mass is 16.5. The number of amides is 1. The largest absolute Gasteiger partial charge is 0.491 e. The van der Waals surface area contributed by atoms with Crippen molar-refractivity contribution in [3.05, 3.63) is 54.4 Å². The Kier molecular flexibility index (Phi) is 5.86.